The SMILES string of the molecule is COc1cc(CNC(=O)CCc2nc(-c3ccc(C(C)C)cc3)no2)ccc1OC(F)F. The van der Waals surface area contributed by atoms with E-state index >= 15 is 0 Å². The number of aryl methyl sites for hydroxylation is 1. The molecule has 1 N–H and O–H groups in total. The summed E-state index contributed by atoms with van der Waals surface area (Å²) in [5.41, 5.74) is 2.76. The Morgan fingerprint density at radius 2 is 1.88 bits per heavy atom. The van der Waals surface area contributed by atoms with E-state index in [1.165, 1.54) is 24.8 Å². The summed E-state index contributed by atoms with van der Waals surface area (Å²) in [6, 6.07) is 12.4. The topological polar surface area (TPSA) is 86.5 Å². The second-order valence-corrected chi connectivity index (χ2v) is 7.43. The third-order valence-corrected chi connectivity index (χ3v) is 4.80. The van der Waals surface area contributed by atoms with E-state index in [1.807, 2.05) is 24.3 Å². The number of aromatic nitrogens is 2. The number of nitrogens with zero attached hydrogens (tertiary/aromatic N) is 2. The van der Waals surface area contributed by atoms with Crippen molar-refractivity contribution >= 4 is 5.91 Å². The van der Waals surface area contributed by atoms with Crippen molar-refractivity contribution in [1.29, 1.82) is 0 Å². The summed E-state index contributed by atoms with van der Waals surface area (Å²) in [5.74, 6) is 1.18. The van der Waals surface area contributed by atoms with E-state index < -0.39 is 6.61 Å². The van der Waals surface area contributed by atoms with Crippen LogP contribution in [0.2, 0.25) is 0 Å². The average molecular weight is 445 g/mol. The number of rotatable bonds is 10. The smallest absolute Gasteiger partial charge is 0.387 e. The molecule has 0 fully saturated rings. The summed E-state index contributed by atoms with van der Waals surface area (Å²) in [4.78, 5) is 16.5. The number of halogens is 2. The molecule has 0 spiro atoms. The van der Waals surface area contributed by atoms with Crippen molar-refractivity contribution in [2.45, 2.75) is 45.8 Å². The van der Waals surface area contributed by atoms with Gasteiger partial charge in [-0.25, -0.2) is 0 Å². The summed E-state index contributed by atoms with van der Waals surface area (Å²) in [6.07, 6.45) is 0.463. The first-order chi connectivity index (χ1) is 15.4. The Morgan fingerprint density at radius 1 is 1.12 bits per heavy atom. The predicted molar refractivity (Wildman–Crippen MR) is 114 cm³/mol. The van der Waals surface area contributed by atoms with Crippen molar-refractivity contribution in [2.24, 2.45) is 0 Å². The van der Waals surface area contributed by atoms with Gasteiger partial charge < -0.3 is 19.3 Å². The van der Waals surface area contributed by atoms with Crippen molar-refractivity contribution in [2.75, 3.05) is 7.11 Å². The van der Waals surface area contributed by atoms with Crippen molar-refractivity contribution in [1.82, 2.24) is 15.5 Å². The fraction of sp³-hybridized carbons (Fsp3) is 0.348. The Morgan fingerprint density at radius 3 is 2.53 bits per heavy atom. The van der Waals surface area contributed by atoms with Crippen LogP contribution in [0.4, 0.5) is 8.78 Å². The normalized spacial score (nSPS) is 11.1. The van der Waals surface area contributed by atoms with Crippen molar-refractivity contribution in [3.63, 3.8) is 0 Å². The van der Waals surface area contributed by atoms with E-state index in [4.69, 9.17) is 9.26 Å². The van der Waals surface area contributed by atoms with E-state index in [0.29, 0.717) is 29.6 Å². The van der Waals surface area contributed by atoms with Gasteiger partial charge in [0.1, 0.15) is 0 Å². The lowest BCUT2D eigenvalue weighted by Gasteiger charge is -2.11. The van der Waals surface area contributed by atoms with Crippen LogP contribution in [0.1, 0.15) is 43.2 Å². The molecule has 3 aromatic rings. The second kappa shape index (κ2) is 10.7. The van der Waals surface area contributed by atoms with Crippen LogP contribution in [-0.4, -0.2) is 29.8 Å². The van der Waals surface area contributed by atoms with Crippen LogP contribution in [0.3, 0.4) is 0 Å². The maximum Gasteiger partial charge on any atom is 0.387 e. The number of amides is 1. The van der Waals surface area contributed by atoms with Crippen molar-refractivity contribution < 1.29 is 27.6 Å². The minimum atomic E-state index is -2.95. The number of nitrogens with one attached hydrogen (secondary N) is 1. The number of carbonyl (C=O) groups excluding carboxylic acids is 1. The van der Waals surface area contributed by atoms with E-state index in [2.05, 4.69) is 34.0 Å². The largest absolute Gasteiger partial charge is 0.493 e. The first kappa shape index (κ1) is 23.2. The van der Waals surface area contributed by atoms with Crippen LogP contribution in [0.5, 0.6) is 11.5 Å². The highest BCUT2D eigenvalue weighted by Gasteiger charge is 2.13. The lowest BCUT2D eigenvalue weighted by atomic mass is 10.0. The van der Waals surface area contributed by atoms with Gasteiger partial charge in [-0.15, -0.1) is 0 Å². The molecule has 0 aliphatic rings. The Kier molecular flexibility index (Phi) is 7.75. The molecule has 1 heterocycles. The number of hydrogen-bond acceptors (Lipinski definition) is 6. The van der Waals surface area contributed by atoms with Crippen LogP contribution < -0.4 is 14.8 Å². The molecule has 2 aromatic carbocycles. The summed E-state index contributed by atoms with van der Waals surface area (Å²) in [5, 5.41) is 6.75. The molecule has 1 amide bonds. The molecule has 170 valence electrons. The lowest BCUT2D eigenvalue weighted by molar-refractivity contribution is -0.121. The maximum atomic E-state index is 12.4. The molecule has 32 heavy (non-hydrogen) atoms. The molecular formula is C23H25F2N3O4. The molecule has 0 bridgehead atoms. The molecule has 1 aromatic heterocycles. The number of carbonyl (C=O) groups is 1. The third kappa shape index (κ3) is 6.26. The van der Waals surface area contributed by atoms with Gasteiger partial charge in [-0.2, -0.15) is 13.8 Å². The van der Waals surface area contributed by atoms with E-state index in [9.17, 15) is 13.6 Å². The molecule has 0 saturated carbocycles. The van der Waals surface area contributed by atoms with Gasteiger partial charge in [-0.3, -0.25) is 4.79 Å². The third-order valence-electron chi connectivity index (χ3n) is 4.80. The molecule has 0 saturated heterocycles. The average Bonchev–Trinajstić information content (AvgIpc) is 3.25. The van der Waals surface area contributed by atoms with Crippen LogP contribution in [0, 0.1) is 0 Å². The van der Waals surface area contributed by atoms with Crippen molar-refractivity contribution in [3.05, 3.63) is 59.5 Å². The maximum absolute atomic E-state index is 12.4. The summed E-state index contributed by atoms with van der Waals surface area (Å²) >= 11 is 0. The zero-order chi connectivity index (χ0) is 23.1. The number of alkyl halides is 2. The van der Waals surface area contributed by atoms with E-state index in [-0.39, 0.29) is 30.4 Å². The fourth-order valence-electron chi connectivity index (χ4n) is 3.02. The highest BCUT2D eigenvalue weighted by Crippen LogP contribution is 2.29. The van der Waals surface area contributed by atoms with Crippen LogP contribution in [0.25, 0.3) is 11.4 Å². The molecule has 0 aliphatic carbocycles. The lowest BCUT2D eigenvalue weighted by Crippen LogP contribution is -2.23. The molecule has 9 heteroatoms. The van der Waals surface area contributed by atoms with Crippen LogP contribution >= 0.6 is 0 Å². The standard InChI is InChI=1S/C23H25F2N3O4/c1-14(2)16-5-7-17(8-6-16)22-27-21(32-28-22)11-10-20(29)26-13-15-4-9-18(31-23(24)25)19(12-15)30-3/h4-9,12,14,23H,10-11,13H2,1-3H3,(H,26,29). The second-order valence-electron chi connectivity index (χ2n) is 7.43. The molecule has 0 aliphatic heterocycles. The van der Waals surface area contributed by atoms with Gasteiger partial charge in [0.15, 0.2) is 11.5 Å². The van der Waals surface area contributed by atoms with Gasteiger partial charge in [0.2, 0.25) is 17.6 Å². The monoisotopic (exact) mass is 445 g/mol. The molecular weight excluding hydrogens is 420 g/mol. The summed E-state index contributed by atoms with van der Waals surface area (Å²) in [7, 11) is 1.35. The molecule has 7 nitrogen and oxygen atoms in total. The van der Waals surface area contributed by atoms with Gasteiger partial charge in [-0.1, -0.05) is 49.3 Å². The zero-order valence-corrected chi connectivity index (χ0v) is 18.1. The minimum absolute atomic E-state index is 0.0661. The first-order valence-corrected chi connectivity index (χ1v) is 10.2. The number of benzene rings is 2. The number of methoxy groups -OCH3 is 1. The van der Waals surface area contributed by atoms with Gasteiger partial charge >= 0.3 is 6.61 Å². The first-order valence-electron chi connectivity index (χ1n) is 10.2. The van der Waals surface area contributed by atoms with Gasteiger partial charge in [0.25, 0.3) is 0 Å². The molecule has 0 unspecified atom stereocenters. The minimum Gasteiger partial charge on any atom is -0.493 e. The quantitative estimate of drug-likeness (QED) is 0.486. The predicted octanol–water partition coefficient (Wildman–Crippen LogP) is 4.72. The Hall–Kier alpha value is -3.49. The highest BCUT2D eigenvalue weighted by molar-refractivity contribution is 5.76. The van der Waals surface area contributed by atoms with E-state index in [1.54, 1.807) is 6.07 Å². The summed E-state index contributed by atoms with van der Waals surface area (Å²) < 4.78 is 39.5. The summed E-state index contributed by atoms with van der Waals surface area (Å²) in [6.45, 7) is 1.51. The zero-order valence-electron chi connectivity index (χ0n) is 18.1. The number of ether oxygens (including phenoxy) is 2. The fourth-order valence-corrected chi connectivity index (χ4v) is 3.02. The Labute approximate surface area is 184 Å². The molecule has 3 rings (SSSR count). The number of hydrogen-bond donors (Lipinski definition) is 1. The molecule has 0 radical (unpaired) electrons. The Balaban J connectivity index is 1.50. The van der Waals surface area contributed by atoms with Gasteiger partial charge in [-0.05, 0) is 29.2 Å². The Bertz CT molecular complexity index is 1040. The van der Waals surface area contributed by atoms with Gasteiger partial charge in [0.05, 0.1) is 7.11 Å². The van der Waals surface area contributed by atoms with E-state index in [0.717, 1.165) is 5.56 Å². The van der Waals surface area contributed by atoms with Gasteiger partial charge in [0, 0.05) is 24.9 Å². The highest BCUT2D eigenvalue weighted by atomic mass is 19.3. The van der Waals surface area contributed by atoms with Crippen molar-refractivity contribution in [3.8, 4) is 22.9 Å². The van der Waals surface area contributed by atoms with Crippen LogP contribution in [0.15, 0.2) is 47.0 Å². The van der Waals surface area contributed by atoms with Crippen LogP contribution in [-0.2, 0) is 17.8 Å². The molecule has 0 atom stereocenters.